The quantitative estimate of drug-likeness (QED) is 0.763. The summed E-state index contributed by atoms with van der Waals surface area (Å²) in [6.07, 6.45) is 4.01. The summed E-state index contributed by atoms with van der Waals surface area (Å²) in [5.41, 5.74) is 0.129. The lowest BCUT2D eigenvalue weighted by atomic mass is 10.2. The number of hydrogen-bond acceptors (Lipinski definition) is 5. The van der Waals surface area contributed by atoms with Crippen LogP contribution in [0, 0.1) is 0 Å². The van der Waals surface area contributed by atoms with Gasteiger partial charge in [0.15, 0.2) is 0 Å². The summed E-state index contributed by atoms with van der Waals surface area (Å²) in [6, 6.07) is -0.0110. The Hall–Kier alpha value is -1.57. The van der Waals surface area contributed by atoms with Crippen LogP contribution >= 0.6 is 0 Å². The fourth-order valence-electron chi connectivity index (χ4n) is 1.51. The first-order chi connectivity index (χ1) is 9.26. The Kier molecular flexibility index (Phi) is 5.55. The molecule has 1 aromatic heterocycles. The van der Waals surface area contributed by atoms with Gasteiger partial charge in [-0.15, -0.1) is 5.10 Å². The molecular formula is C12H21N3O4S. The van der Waals surface area contributed by atoms with E-state index in [1.54, 1.807) is 0 Å². The Labute approximate surface area is 119 Å². The molecule has 0 saturated heterocycles. The van der Waals surface area contributed by atoms with Crippen molar-refractivity contribution in [2.75, 3.05) is 6.26 Å². The Morgan fingerprint density at radius 2 is 2.15 bits per heavy atom. The molecule has 0 bridgehead atoms. The predicted octanol–water partition coefficient (Wildman–Crippen LogP) is 1.16. The molecular weight excluding hydrogens is 282 g/mol. The maximum Gasteiger partial charge on any atom is 0.307 e. The molecule has 1 N–H and O–H groups in total. The molecule has 0 saturated carbocycles. The van der Waals surface area contributed by atoms with Crippen LogP contribution in [0.1, 0.15) is 44.0 Å². The van der Waals surface area contributed by atoms with Crippen molar-refractivity contribution in [3.8, 4) is 5.88 Å². The SMILES string of the molecule is CCCn1cc(C(=O)NC(C)CC)c(OS(C)(=O)=O)n1. The van der Waals surface area contributed by atoms with E-state index in [1.807, 2.05) is 20.8 Å². The average Bonchev–Trinajstić information content (AvgIpc) is 2.69. The van der Waals surface area contributed by atoms with Crippen molar-refractivity contribution in [3.05, 3.63) is 11.8 Å². The van der Waals surface area contributed by atoms with E-state index < -0.39 is 10.1 Å². The first-order valence-corrected chi connectivity index (χ1v) is 8.36. The van der Waals surface area contributed by atoms with Gasteiger partial charge < -0.3 is 9.50 Å². The lowest BCUT2D eigenvalue weighted by Gasteiger charge is -2.10. The third-order valence-electron chi connectivity index (χ3n) is 2.65. The standard InChI is InChI=1S/C12H21N3O4S/c1-5-7-15-8-10(11(16)13-9(3)6-2)12(14-15)19-20(4,17)18/h8-9H,5-7H2,1-4H3,(H,13,16). The maximum atomic E-state index is 12.1. The third-order valence-corrected chi connectivity index (χ3v) is 3.11. The number of aromatic nitrogens is 2. The molecule has 1 unspecified atom stereocenters. The number of aryl methyl sites for hydroxylation is 1. The van der Waals surface area contributed by atoms with Crippen LogP contribution in [-0.2, 0) is 16.7 Å². The van der Waals surface area contributed by atoms with Crippen molar-refractivity contribution >= 4 is 16.0 Å². The van der Waals surface area contributed by atoms with Gasteiger partial charge in [0, 0.05) is 18.8 Å². The number of rotatable bonds is 7. The van der Waals surface area contributed by atoms with Gasteiger partial charge in [0.1, 0.15) is 5.56 Å². The monoisotopic (exact) mass is 303 g/mol. The first-order valence-electron chi connectivity index (χ1n) is 6.54. The molecule has 7 nitrogen and oxygen atoms in total. The molecule has 1 atom stereocenters. The largest absolute Gasteiger partial charge is 0.359 e. The van der Waals surface area contributed by atoms with E-state index in [-0.39, 0.29) is 23.4 Å². The minimum absolute atomic E-state index is 0.0110. The molecule has 0 aliphatic rings. The molecule has 0 aromatic carbocycles. The lowest BCUT2D eigenvalue weighted by molar-refractivity contribution is 0.0937. The highest BCUT2D eigenvalue weighted by atomic mass is 32.2. The Morgan fingerprint density at radius 3 is 2.65 bits per heavy atom. The van der Waals surface area contributed by atoms with Crippen molar-refractivity contribution in [1.29, 1.82) is 0 Å². The van der Waals surface area contributed by atoms with E-state index >= 15 is 0 Å². The molecule has 0 aliphatic carbocycles. The smallest absolute Gasteiger partial charge is 0.307 e. The number of carbonyl (C=O) groups excluding carboxylic acids is 1. The van der Waals surface area contributed by atoms with Crippen LogP contribution in [-0.4, -0.2) is 36.4 Å². The highest BCUT2D eigenvalue weighted by Gasteiger charge is 2.21. The van der Waals surface area contributed by atoms with E-state index in [2.05, 4.69) is 10.4 Å². The van der Waals surface area contributed by atoms with Gasteiger partial charge in [-0.3, -0.25) is 9.48 Å². The van der Waals surface area contributed by atoms with E-state index in [9.17, 15) is 13.2 Å². The van der Waals surface area contributed by atoms with E-state index in [0.29, 0.717) is 6.54 Å². The zero-order valence-corrected chi connectivity index (χ0v) is 13.0. The summed E-state index contributed by atoms with van der Waals surface area (Å²) in [5, 5.41) is 6.75. The van der Waals surface area contributed by atoms with Gasteiger partial charge in [0.25, 0.3) is 11.8 Å². The number of nitrogens with one attached hydrogen (secondary N) is 1. The molecule has 0 radical (unpaired) electrons. The van der Waals surface area contributed by atoms with E-state index in [4.69, 9.17) is 4.18 Å². The molecule has 0 spiro atoms. The number of amides is 1. The number of carbonyl (C=O) groups is 1. The van der Waals surface area contributed by atoms with Gasteiger partial charge in [-0.05, 0) is 19.8 Å². The summed E-state index contributed by atoms with van der Waals surface area (Å²) in [4.78, 5) is 12.1. The minimum atomic E-state index is -3.72. The molecule has 114 valence electrons. The van der Waals surface area contributed by atoms with Gasteiger partial charge in [0.05, 0.1) is 6.26 Å². The van der Waals surface area contributed by atoms with Gasteiger partial charge in [-0.2, -0.15) is 8.42 Å². The second kappa shape index (κ2) is 6.74. The number of nitrogens with zero attached hydrogens (tertiary/aromatic N) is 2. The Balaban J connectivity index is 3.05. The molecule has 1 rings (SSSR count). The van der Waals surface area contributed by atoms with Gasteiger partial charge in [-0.25, -0.2) is 0 Å². The number of hydrogen-bond donors (Lipinski definition) is 1. The topological polar surface area (TPSA) is 90.3 Å². The van der Waals surface area contributed by atoms with Crippen molar-refractivity contribution in [3.63, 3.8) is 0 Å². The minimum Gasteiger partial charge on any atom is -0.359 e. The fourth-order valence-corrected chi connectivity index (χ4v) is 1.92. The summed E-state index contributed by atoms with van der Waals surface area (Å²) < 4.78 is 28.7. The highest BCUT2D eigenvalue weighted by Crippen LogP contribution is 2.18. The maximum absolute atomic E-state index is 12.1. The van der Waals surface area contributed by atoms with Crippen LogP contribution in [0.25, 0.3) is 0 Å². The third kappa shape index (κ3) is 4.84. The Morgan fingerprint density at radius 1 is 1.50 bits per heavy atom. The zero-order valence-electron chi connectivity index (χ0n) is 12.2. The van der Waals surface area contributed by atoms with E-state index in [1.165, 1.54) is 10.9 Å². The van der Waals surface area contributed by atoms with Gasteiger partial charge in [0.2, 0.25) is 0 Å². The van der Waals surface area contributed by atoms with Crippen molar-refractivity contribution in [2.24, 2.45) is 0 Å². The predicted molar refractivity (Wildman–Crippen MR) is 75.2 cm³/mol. The molecule has 1 heterocycles. The molecule has 0 aliphatic heterocycles. The second-order valence-corrected chi connectivity index (χ2v) is 6.26. The van der Waals surface area contributed by atoms with Crippen LogP contribution in [0.3, 0.4) is 0 Å². The van der Waals surface area contributed by atoms with Crippen LogP contribution in [0.4, 0.5) is 0 Å². The first kappa shape index (κ1) is 16.5. The summed E-state index contributed by atoms with van der Waals surface area (Å²) in [5.74, 6) is -0.567. The summed E-state index contributed by atoms with van der Waals surface area (Å²) in [7, 11) is -3.72. The summed E-state index contributed by atoms with van der Waals surface area (Å²) in [6.45, 7) is 6.35. The van der Waals surface area contributed by atoms with Crippen molar-refractivity contribution in [1.82, 2.24) is 15.1 Å². The van der Waals surface area contributed by atoms with Crippen molar-refractivity contribution in [2.45, 2.75) is 46.2 Å². The summed E-state index contributed by atoms with van der Waals surface area (Å²) >= 11 is 0. The Bertz CT molecular complexity index is 565. The van der Waals surface area contributed by atoms with Gasteiger partial charge >= 0.3 is 10.1 Å². The molecule has 1 amide bonds. The van der Waals surface area contributed by atoms with Crippen LogP contribution < -0.4 is 9.50 Å². The van der Waals surface area contributed by atoms with E-state index in [0.717, 1.165) is 19.1 Å². The molecule has 8 heteroatoms. The molecule has 20 heavy (non-hydrogen) atoms. The lowest BCUT2D eigenvalue weighted by Crippen LogP contribution is -2.32. The zero-order chi connectivity index (χ0) is 15.3. The van der Waals surface area contributed by atoms with Gasteiger partial charge in [-0.1, -0.05) is 13.8 Å². The van der Waals surface area contributed by atoms with Crippen LogP contribution in [0.15, 0.2) is 6.20 Å². The average molecular weight is 303 g/mol. The van der Waals surface area contributed by atoms with Crippen LogP contribution in [0.2, 0.25) is 0 Å². The fraction of sp³-hybridized carbons (Fsp3) is 0.667. The second-order valence-electron chi connectivity index (χ2n) is 4.68. The molecule has 0 fully saturated rings. The normalized spacial score (nSPS) is 13.0. The van der Waals surface area contributed by atoms with Crippen molar-refractivity contribution < 1.29 is 17.4 Å². The highest BCUT2D eigenvalue weighted by molar-refractivity contribution is 7.86. The molecule has 1 aromatic rings. The van der Waals surface area contributed by atoms with Crippen LogP contribution in [0.5, 0.6) is 5.88 Å².